The standard InChI is InChI=1S/C30H44O5.C30H46O4.C30H44O4.CH4/c1-25(2)13-14-29(23(32)33)15-16-30(24(34)35)18(19(29)17-25)7-8-21-27(5)11-10-22(31)26(3,4)20(27)9-12-28(21,30)6;2*1-25(2)13-14-29(24(33)34)15-16-30(18-31)19(20(29)17-25)7-8-22-27(5)11-10-23(32)26(3,4)21(27)9-12-28(22,30)6;/h7,19-21H,8-17H2,1-6H3,(H,32,33)(H,34,35);7,20-22,31H,8-18H2,1-6H3,(H,33,34);7,18,20-22H,8-17H2,1-6H3,(H,33,34);1H4/t19?,20?,21?,27-,28+,29-,30+;2*20?,21?,22?,27-,28+,29-,30-;/m000./s1. The number of carbonyl (C=O) groups is 8. The van der Waals surface area contributed by atoms with Gasteiger partial charge in [-0.3, -0.25) is 33.6 Å². The van der Waals surface area contributed by atoms with Crippen molar-refractivity contribution in [2.24, 2.45) is 151 Å². The van der Waals surface area contributed by atoms with Crippen LogP contribution >= 0.6 is 0 Å². The van der Waals surface area contributed by atoms with Crippen LogP contribution in [-0.4, -0.2) is 79.7 Å². The van der Waals surface area contributed by atoms with Crippen molar-refractivity contribution in [1.29, 1.82) is 0 Å². The van der Waals surface area contributed by atoms with E-state index in [9.17, 15) is 63.9 Å². The van der Waals surface area contributed by atoms with Crippen molar-refractivity contribution in [3.63, 3.8) is 0 Å². The molecule has 15 aliphatic rings. The number of allylic oxidation sites excluding steroid dienone is 4. The molecule has 0 amide bonds. The van der Waals surface area contributed by atoms with Gasteiger partial charge in [0.05, 0.1) is 33.7 Å². The lowest BCUT2D eigenvalue weighted by Crippen LogP contribution is -2.67. The molecule has 0 aromatic carbocycles. The molecule has 12 saturated carbocycles. The molecule has 104 heavy (non-hydrogen) atoms. The lowest BCUT2D eigenvalue weighted by molar-refractivity contribution is -0.204. The van der Waals surface area contributed by atoms with Crippen LogP contribution in [0.4, 0.5) is 0 Å². The number of Topliss-reactive ketones (excluding diaryl/α,β-unsaturated/α-hetero) is 3. The van der Waals surface area contributed by atoms with Crippen LogP contribution in [0.5, 0.6) is 0 Å². The van der Waals surface area contributed by atoms with Crippen molar-refractivity contribution in [3.05, 3.63) is 34.9 Å². The maximum absolute atomic E-state index is 13.5. The molecule has 15 aliphatic carbocycles. The van der Waals surface area contributed by atoms with Gasteiger partial charge in [0.2, 0.25) is 0 Å². The van der Waals surface area contributed by atoms with Crippen LogP contribution in [0.1, 0.15) is 325 Å². The third kappa shape index (κ3) is 10.2. The molecule has 0 aliphatic heterocycles. The maximum Gasteiger partial charge on any atom is 0.314 e. The smallest absolute Gasteiger partial charge is 0.314 e. The van der Waals surface area contributed by atoms with Crippen LogP contribution in [0.25, 0.3) is 0 Å². The van der Waals surface area contributed by atoms with Crippen LogP contribution in [0, 0.1) is 151 Å². The SMILES string of the molecule is C.CC1(C)CC[C@]2(C(=O)O)CC[C@]3(C(=O)O)C(=CCC4[C@@]5(C)CCC(=O)C(C)(C)C5CC[C@]43C)C2C1.CC1(C)CC[C@]2(C(=O)O)CC[C@]3(C=O)C(=CCC4[C@@]5(C)CCC(=O)C(C)(C)C5CC[C@]43C)C2C1.CC1(C)CC[C@]2(C(=O)O)CC[C@]3(CO)C(=CCC4[C@@]5(C)CCC(=O)C(C)(C)C5CC[C@]43C)C2C1. The van der Waals surface area contributed by atoms with Crippen LogP contribution in [0.15, 0.2) is 34.9 Å². The number of carbonyl (C=O) groups excluding carboxylic acids is 4. The number of aliphatic carboxylic acids is 4. The van der Waals surface area contributed by atoms with E-state index in [0.717, 1.165) is 140 Å². The van der Waals surface area contributed by atoms with E-state index in [1.165, 1.54) is 11.9 Å². The zero-order valence-electron chi connectivity index (χ0n) is 66.9. The van der Waals surface area contributed by atoms with Gasteiger partial charge in [0, 0.05) is 40.9 Å². The second-order valence-electron chi connectivity index (χ2n) is 44.0. The number of fused-ring (bicyclic) bond motifs is 21. The van der Waals surface area contributed by atoms with Crippen molar-refractivity contribution >= 4 is 47.5 Å². The zero-order chi connectivity index (χ0) is 75.7. The molecule has 5 N–H and O–H groups in total. The quantitative estimate of drug-likeness (QED) is 0.123. The Balaban J connectivity index is 0.000000146. The first kappa shape index (κ1) is 79.3. The minimum absolute atomic E-state index is 0. The van der Waals surface area contributed by atoms with E-state index >= 15 is 0 Å². The van der Waals surface area contributed by atoms with Gasteiger partial charge < -0.3 is 30.3 Å². The molecule has 0 bridgehead atoms. The first-order valence-corrected chi connectivity index (χ1v) is 41.2. The van der Waals surface area contributed by atoms with Gasteiger partial charge in [-0.25, -0.2) is 0 Å². The Hall–Kier alpha value is -4.26. The fourth-order valence-corrected chi connectivity index (χ4v) is 31.5. The molecule has 13 nitrogen and oxygen atoms in total. The van der Waals surface area contributed by atoms with Crippen LogP contribution < -0.4 is 0 Å². The second kappa shape index (κ2) is 24.6. The Morgan fingerprint density at radius 1 is 0.375 bits per heavy atom. The minimum atomic E-state index is -1.02. The summed E-state index contributed by atoms with van der Waals surface area (Å²) in [5, 5.41) is 53.7. The van der Waals surface area contributed by atoms with Crippen molar-refractivity contribution in [2.75, 3.05) is 6.61 Å². The first-order valence-electron chi connectivity index (χ1n) is 41.2. The van der Waals surface area contributed by atoms with Crippen LogP contribution in [0.2, 0.25) is 0 Å². The molecule has 0 saturated heterocycles. The summed E-state index contributed by atoms with van der Waals surface area (Å²) in [6.45, 7) is 40.6. The third-order valence-corrected chi connectivity index (χ3v) is 37.9. The van der Waals surface area contributed by atoms with Gasteiger partial charge in [-0.15, -0.1) is 0 Å². The molecule has 580 valence electrons. The second-order valence-corrected chi connectivity index (χ2v) is 44.0. The molecule has 0 aromatic rings. The number of carboxylic acids is 4. The predicted molar refractivity (Wildman–Crippen MR) is 406 cm³/mol. The fourth-order valence-electron chi connectivity index (χ4n) is 31.5. The van der Waals surface area contributed by atoms with E-state index in [4.69, 9.17) is 0 Å². The zero-order valence-corrected chi connectivity index (χ0v) is 66.9. The largest absolute Gasteiger partial charge is 0.481 e. The summed E-state index contributed by atoms with van der Waals surface area (Å²) in [7, 11) is 0. The fraction of sp³-hybridized carbons (Fsp3) is 0.846. The number of aliphatic hydroxyl groups is 1. The van der Waals surface area contributed by atoms with Crippen LogP contribution in [0.3, 0.4) is 0 Å². The van der Waals surface area contributed by atoms with E-state index < -0.39 is 56.4 Å². The highest BCUT2D eigenvalue weighted by atomic mass is 16.4. The lowest BCUT2D eigenvalue weighted by atomic mass is 9.33. The van der Waals surface area contributed by atoms with Gasteiger partial charge in [-0.1, -0.05) is 167 Å². The Bertz CT molecular complexity index is 3690. The Labute approximate surface area is 625 Å². The number of hydrogen-bond donors (Lipinski definition) is 5. The molecule has 13 heteroatoms. The van der Waals surface area contributed by atoms with E-state index in [1.807, 2.05) is 0 Å². The molecule has 0 aromatic heterocycles. The molecular weight excluding hydrogens is 1300 g/mol. The number of hydrogen-bond acceptors (Lipinski definition) is 9. The van der Waals surface area contributed by atoms with Crippen LogP contribution in [-0.2, 0) is 38.4 Å². The van der Waals surface area contributed by atoms with E-state index in [-0.39, 0.29) is 109 Å². The molecule has 0 radical (unpaired) electrons. The summed E-state index contributed by atoms with van der Waals surface area (Å²) in [6.07, 6.45) is 31.9. The number of ketones is 3. The Kier molecular flexibility index (Phi) is 18.8. The van der Waals surface area contributed by atoms with Crippen molar-refractivity contribution in [3.8, 4) is 0 Å². The van der Waals surface area contributed by atoms with Gasteiger partial charge in [0.1, 0.15) is 23.6 Å². The average Bonchev–Trinajstić information content (AvgIpc) is 0.680. The van der Waals surface area contributed by atoms with Gasteiger partial charge >= 0.3 is 23.9 Å². The molecule has 0 spiro atoms. The highest BCUT2D eigenvalue weighted by Crippen LogP contribution is 2.80. The average molecular weight is 1440 g/mol. The molecule has 0 heterocycles. The minimum Gasteiger partial charge on any atom is -0.481 e. The number of rotatable bonds is 6. The van der Waals surface area contributed by atoms with E-state index in [2.05, 4.69) is 143 Å². The molecule has 21 atom stereocenters. The normalized spacial score (nSPS) is 48.2. The summed E-state index contributed by atoms with van der Waals surface area (Å²) < 4.78 is 0. The topological polar surface area (TPSA) is 238 Å². The number of carboxylic acid groups (broad SMARTS) is 4. The highest BCUT2D eigenvalue weighted by Gasteiger charge is 2.76. The Morgan fingerprint density at radius 3 is 1.08 bits per heavy atom. The number of aldehydes is 1. The van der Waals surface area contributed by atoms with Gasteiger partial charge in [0.25, 0.3) is 0 Å². The summed E-state index contributed by atoms with van der Waals surface area (Å²) >= 11 is 0. The van der Waals surface area contributed by atoms with Gasteiger partial charge in [0.15, 0.2) is 0 Å². The Morgan fingerprint density at radius 2 is 0.692 bits per heavy atom. The lowest BCUT2D eigenvalue weighted by Gasteiger charge is -2.70. The monoisotopic (exact) mass is 1440 g/mol. The summed E-state index contributed by atoms with van der Waals surface area (Å²) in [6, 6.07) is 0. The van der Waals surface area contributed by atoms with Crippen molar-refractivity contribution in [2.45, 2.75) is 325 Å². The third-order valence-electron chi connectivity index (χ3n) is 37.9. The molecule has 9 unspecified atom stereocenters. The van der Waals surface area contributed by atoms with E-state index in [0.29, 0.717) is 105 Å². The van der Waals surface area contributed by atoms with Gasteiger partial charge in [-0.05, 0) is 275 Å². The molecular formula is C91H138O13. The first-order chi connectivity index (χ1) is 47.5. The van der Waals surface area contributed by atoms with E-state index in [1.54, 1.807) is 0 Å². The van der Waals surface area contributed by atoms with Crippen molar-refractivity contribution in [1.82, 2.24) is 0 Å². The maximum atomic E-state index is 13.5. The van der Waals surface area contributed by atoms with Crippen molar-refractivity contribution < 1.29 is 63.9 Å². The summed E-state index contributed by atoms with van der Waals surface area (Å²) in [5.41, 5.74) is -2.29. The number of aliphatic hydroxyl groups excluding tert-OH is 1. The predicted octanol–water partition coefficient (Wildman–Crippen LogP) is 20.2. The van der Waals surface area contributed by atoms with Gasteiger partial charge in [-0.2, -0.15) is 0 Å². The summed E-state index contributed by atoms with van der Waals surface area (Å²) in [5.74, 6) is -0.000529. The highest BCUT2D eigenvalue weighted by molar-refractivity contribution is 5.88. The summed E-state index contributed by atoms with van der Waals surface area (Å²) in [4.78, 5) is 104. The molecule has 12 fully saturated rings. The molecule has 15 rings (SSSR count).